The minimum atomic E-state index is -3.38. The molecule has 1 aliphatic heterocycles. The molecular formula is C28H29N3O3S. The van der Waals surface area contributed by atoms with Gasteiger partial charge >= 0.3 is 0 Å². The number of hydrogen-bond acceptors (Lipinski definition) is 4. The van der Waals surface area contributed by atoms with E-state index in [9.17, 15) is 8.42 Å². The fourth-order valence-corrected chi connectivity index (χ4v) is 5.38. The monoisotopic (exact) mass is 487 g/mol. The Labute approximate surface area is 206 Å². The summed E-state index contributed by atoms with van der Waals surface area (Å²) in [5, 5.41) is 5.66. The number of hydrogen-bond donors (Lipinski definition) is 1. The van der Waals surface area contributed by atoms with Gasteiger partial charge in [0.2, 0.25) is 10.0 Å². The molecule has 5 rings (SSSR count). The second kappa shape index (κ2) is 8.89. The summed E-state index contributed by atoms with van der Waals surface area (Å²) >= 11 is 0. The molecule has 35 heavy (non-hydrogen) atoms. The third kappa shape index (κ3) is 4.44. The molecule has 0 saturated heterocycles. The molecule has 180 valence electrons. The first-order valence-electron chi connectivity index (χ1n) is 11.8. The van der Waals surface area contributed by atoms with Crippen LogP contribution >= 0.6 is 0 Å². The van der Waals surface area contributed by atoms with Gasteiger partial charge in [-0.1, -0.05) is 43.3 Å². The molecule has 0 spiro atoms. The molecule has 0 fully saturated rings. The Bertz CT molecular complexity index is 1570. The third-order valence-electron chi connectivity index (χ3n) is 6.29. The van der Waals surface area contributed by atoms with Crippen molar-refractivity contribution in [3.05, 3.63) is 89.1 Å². The number of anilines is 1. The molecule has 0 bridgehead atoms. The average molecular weight is 488 g/mol. The van der Waals surface area contributed by atoms with Crippen LogP contribution in [0.4, 0.5) is 5.69 Å². The summed E-state index contributed by atoms with van der Waals surface area (Å²) in [5.41, 5.74) is 8.04. The van der Waals surface area contributed by atoms with Gasteiger partial charge in [0, 0.05) is 28.7 Å². The van der Waals surface area contributed by atoms with Crippen molar-refractivity contribution in [2.75, 3.05) is 11.0 Å². The predicted octanol–water partition coefficient (Wildman–Crippen LogP) is 6.25. The number of rotatable bonds is 5. The molecule has 0 atom stereocenters. The van der Waals surface area contributed by atoms with E-state index < -0.39 is 10.0 Å². The lowest BCUT2D eigenvalue weighted by Gasteiger charge is -2.18. The van der Waals surface area contributed by atoms with Crippen molar-refractivity contribution in [2.45, 2.75) is 39.8 Å². The Kier molecular flexibility index (Phi) is 5.89. The summed E-state index contributed by atoms with van der Waals surface area (Å²) in [4.78, 5) is 0. The largest absolute Gasteiger partial charge is 0.488 e. The van der Waals surface area contributed by atoms with E-state index in [1.807, 2.05) is 41.2 Å². The van der Waals surface area contributed by atoms with E-state index in [4.69, 9.17) is 4.74 Å². The lowest BCUT2D eigenvalue weighted by atomic mass is 9.86. The number of allylic oxidation sites excluding steroid dienone is 1. The van der Waals surface area contributed by atoms with E-state index in [0.717, 1.165) is 62.7 Å². The van der Waals surface area contributed by atoms with E-state index in [0.29, 0.717) is 12.3 Å². The first-order valence-corrected chi connectivity index (χ1v) is 13.7. The summed E-state index contributed by atoms with van der Waals surface area (Å²) in [6, 6.07) is 20.4. The molecule has 2 heterocycles. The maximum absolute atomic E-state index is 11.9. The number of fused-ring (bicyclic) bond motifs is 3. The first-order chi connectivity index (χ1) is 16.7. The van der Waals surface area contributed by atoms with Gasteiger partial charge < -0.3 is 4.74 Å². The Morgan fingerprint density at radius 2 is 1.89 bits per heavy atom. The zero-order valence-electron chi connectivity index (χ0n) is 20.4. The van der Waals surface area contributed by atoms with Gasteiger partial charge in [-0.2, -0.15) is 5.10 Å². The topological polar surface area (TPSA) is 73.2 Å². The zero-order chi connectivity index (χ0) is 24.7. The average Bonchev–Trinajstić information content (AvgIpc) is 3.16. The summed E-state index contributed by atoms with van der Waals surface area (Å²) < 4.78 is 34.7. The quantitative estimate of drug-likeness (QED) is 0.361. The molecule has 1 aromatic heterocycles. The number of aromatic nitrogens is 2. The Morgan fingerprint density at radius 1 is 1.09 bits per heavy atom. The molecule has 1 N–H and O–H groups in total. The van der Waals surface area contributed by atoms with Gasteiger partial charge in [0.1, 0.15) is 12.4 Å². The smallest absolute Gasteiger partial charge is 0.229 e. The van der Waals surface area contributed by atoms with Crippen LogP contribution in [0.5, 0.6) is 5.75 Å². The highest BCUT2D eigenvalue weighted by Gasteiger charge is 2.24. The second-order valence-electron chi connectivity index (χ2n) is 9.20. The fraction of sp³-hybridized carbons (Fsp3) is 0.250. The normalized spacial score (nSPS) is 14.8. The predicted molar refractivity (Wildman–Crippen MR) is 142 cm³/mol. The number of nitrogens with zero attached hydrogens (tertiary/aromatic N) is 2. The van der Waals surface area contributed by atoms with Gasteiger partial charge in [0.05, 0.1) is 18.0 Å². The standard InChI is InChI=1S/C28H29N3O3S/c1-5-23(19-10-8-11-22(13-19)30-35(4,32)33)28-24-12-7-6-9-20(24)17-34-27-15-26-21(14-25(27)28)16-29-31(26)18(2)3/h6-16,18,30H,5,17H2,1-4H3/b28-23+. The van der Waals surface area contributed by atoms with Gasteiger partial charge in [0.15, 0.2) is 0 Å². The zero-order valence-corrected chi connectivity index (χ0v) is 21.2. The van der Waals surface area contributed by atoms with Crippen molar-refractivity contribution in [1.29, 1.82) is 0 Å². The molecule has 7 heteroatoms. The first kappa shape index (κ1) is 23.2. The molecule has 0 unspecified atom stereocenters. The van der Waals surface area contributed by atoms with Crippen LogP contribution in [0.2, 0.25) is 0 Å². The maximum Gasteiger partial charge on any atom is 0.229 e. The molecule has 1 aliphatic rings. The minimum absolute atomic E-state index is 0.236. The highest BCUT2D eigenvalue weighted by atomic mass is 32.2. The highest BCUT2D eigenvalue weighted by Crippen LogP contribution is 2.44. The fourth-order valence-electron chi connectivity index (χ4n) is 4.83. The van der Waals surface area contributed by atoms with Gasteiger partial charge in [-0.15, -0.1) is 0 Å². The SMILES string of the molecule is CC/C(=C1/c2ccccc2COc2cc3c(cnn3C(C)C)cc21)c1cccc(NS(C)(=O)=O)c1. The summed E-state index contributed by atoms with van der Waals surface area (Å²) in [6.07, 6.45) is 3.83. The van der Waals surface area contributed by atoms with Crippen molar-refractivity contribution in [3.8, 4) is 5.75 Å². The van der Waals surface area contributed by atoms with E-state index in [1.165, 1.54) is 0 Å². The molecule has 0 amide bonds. The minimum Gasteiger partial charge on any atom is -0.488 e. The summed E-state index contributed by atoms with van der Waals surface area (Å²) in [7, 11) is -3.38. The number of nitrogens with one attached hydrogen (secondary N) is 1. The van der Waals surface area contributed by atoms with Gasteiger partial charge in [-0.05, 0) is 66.3 Å². The molecule has 6 nitrogen and oxygen atoms in total. The van der Waals surface area contributed by atoms with Gasteiger partial charge in [0.25, 0.3) is 0 Å². The summed E-state index contributed by atoms with van der Waals surface area (Å²) in [6.45, 7) is 6.84. The van der Waals surface area contributed by atoms with Gasteiger partial charge in [-0.25, -0.2) is 8.42 Å². The third-order valence-corrected chi connectivity index (χ3v) is 6.90. The van der Waals surface area contributed by atoms with Crippen molar-refractivity contribution in [2.24, 2.45) is 0 Å². The van der Waals surface area contributed by atoms with Gasteiger partial charge in [-0.3, -0.25) is 9.40 Å². The van der Waals surface area contributed by atoms with E-state index >= 15 is 0 Å². The summed E-state index contributed by atoms with van der Waals surface area (Å²) in [5.74, 6) is 0.822. The molecule has 4 aromatic rings. The molecule has 3 aromatic carbocycles. The van der Waals surface area contributed by atoms with E-state index in [2.05, 4.69) is 54.9 Å². The highest BCUT2D eigenvalue weighted by molar-refractivity contribution is 7.92. The Morgan fingerprint density at radius 3 is 2.63 bits per heavy atom. The number of benzene rings is 3. The van der Waals surface area contributed by atoms with Crippen LogP contribution in [0.1, 0.15) is 55.5 Å². The molecule has 0 radical (unpaired) electrons. The van der Waals surface area contributed by atoms with Crippen LogP contribution in [0.25, 0.3) is 22.0 Å². The van der Waals surface area contributed by atoms with Crippen molar-refractivity contribution in [1.82, 2.24) is 9.78 Å². The van der Waals surface area contributed by atoms with Crippen LogP contribution in [0.3, 0.4) is 0 Å². The lowest BCUT2D eigenvalue weighted by Crippen LogP contribution is -2.09. The van der Waals surface area contributed by atoms with Crippen LogP contribution in [0, 0.1) is 0 Å². The van der Waals surface area contributed by atoms with Crippen LogP contribution in [-0.2, 0) is 16.6 Å². The van der Waals surface area contributed by atoms with Crippen LogP contribution < -0.4 is 9.46 Å². The maximum atomic E-state index is 11.9. The van der Waals surface area contributed by atoms with E-state index in [-0.39, 0.29) is 6.04 Å². The molecule has 0 aliphatic carbocycles. The van der Waals surface area contributed by atoms with Crippen LogP contribution in [-0.4, -0.2) is 24.5 Å². The second-order valence-corrected chi connectivity index (χ2v) is 10.9. The molecule has 0 saturated carbocycles. The Balaban J connectivity index is 1.80. The van der Waals surface area contributed by atoms with Crippen molar-refractivity contribution < 1.29 is 13.2 Å². The van der Waals surface area contributed by atoms with Crippen LogP contribution in [0.15, 0.2) is 66.9 Å². The van der Waals surface area contributed by atoms with Crippen molar-refractivity contribution in [3.63, 3.8) is 0 Å². The number of sulfonamides is 1. The lowest BCUT2D eigenvalue weighted by molar-refractivity contribution is 0.307. The molecular weight excluding hydrogens is 458 g/mol. The Hall–Kier alpha value is -3.58. The van der Waals surface area contributed by atoms with Crippen molar-refractivity contribution >= 4 is 37.8 Å². The number of ether oxygens (including phenoxy) is 1. The van der Waals surface area contributed by atoms with E-state index in [1.54, 1.807) is 6.07 Å².